The van der Waals surface area contributed by atoms with E-state index >= 15 is 0 Å². The quantitative estimate of drug-likeness (QED) is 0.757. The van der Waals surface area contributed by atoms with Crippen LogP contribution in [0.15, 0.2) is 35.5 Å². The number of carbonyl (C=O) groups is 2. The van der Waals surface area contributed by atoms with Gasteiger partial charge in [-0.15, -0.1) is 0 Å². The van der Waals surface area contributed by atoms with Crippen LogP contribution in [0.25, 0.3) is 0 Å². The van der Waals surface area contributed by atoms with Gasteiger partial charge >= 0.3 is 12.1 Å². The number of hydrogen-bond acceptors (Lipinski definition) is 5. The largest absolute Gasteiger partial charge is 0.478 e. The third kappa shape index (κ3) is 4.79. The topological polar surface area (TPSA) is 114 Å². The van der Waals surface area contributed by atoms with Crippen molar-refractivity contribution in [2.45, 2.75) is 37.9 Å². The molecule has 2 aromatic heterocycles. The summed E-state index contributed by atoms with van der Waals surface area (Å²) in [6, 6.07) is 1.31. The van der Waals surface area contributed by atoms with Gasteiger partial charge in [-0.25, -0.2) is 14.8 Å². The van der Waals surface area contributed by atoms with Crippen molar-refractivity contribution in [3.8, 4) is 0 Å². The van der Waals surface area contributed by atoms with Crippen LogP contribution in [0.5, 0.6) is 0 Å². The molecule has 2 aromatic rings. The van der Waals surface area contributed by atoms with Gasteiger partial charge < -0.3 is 10.4 Å². The smallest absolute Gasteiger partial charge is 0.434 e. The van der Waals surface area contributed by atoms with Gasteiger partial charge in [-0.05, 0) is 24.5 Å². The zero-order valence-corrected chi connectivity index (χ0v) is 15.0. The van der Waals surface area contributed by atoms with Crippen molar-refractivity contribution in [3.05, 3.63) is 52.3 Å². The number of nitrogens with zero attached hydrogens (tertiary/aromatic N) is 3. The molecule has 8 nitrogen and oxygen atoms in total. The minimum atomic E-state index is -4.76. The van der Waals surface area contributed by atoms with E-state index in [2.05, 4.69) is 15.3 Å². The number of aromatic carboxylic acids is 1. The molecule has 1 aliphatic carbocycles. The summed E-state index contributed by atoms with van der Waals surface area (Å²) in [6.45, 7) is 0. The maximum atomic E-state index is 13.0. The fourth-order valence-electron chi connectivity index (χ4n) is 3.01. The number of amides is 1. The second-order valence-corrected chi connectivity index (χ2v) is 6.79. The summed E-state index contributed by atoms with van der Waals surface area (Å²) in [5, 5.41) is 11.3. The number of anilines is 1. The summed E-state index contributed by atoms with van der Waals surface area (Å²) in [6.07, 6.45) is 0.162. The van der Waals surface area contributed by atoms with Crippen LogP contribution in [0.3, 0.4) is 0 Å². The molecule has 1 atom stereocenters. The van der Waals surface area contributed by atoms with Gasteiger partial charge in [-0.3, -0.25) is 14.2 Å². The molecule has 0 bridgehead atoms. The van der Waals surface area contributed by atoms with E-state index in [-0.39, 0.29) is 23.7 Å². The second-order valence-electron chi connectivity index (χ2n) is 6.79. The van der Waals surface area contributed by atoms with Crippen LogP contribution in [0.2, 0.25) is 0 Å². The molecule has 3 rings (SSSR count). The number of aromatic nitrogens is 3. The first-order valence-corrected chi connectivity index (χ1v) is 8.80. The van der Waals surface area contributed by atoms with Crippen LogP contribution in [-0.2, 0) is 11.0 Å². The number of nitrogens with one attached hydrogen (secondary N) is 1. The van der Waals surface area contributed by atoms with Gasteiger partial charge in [0.15, 0.2) is 5.69 Å². The monoisotopic (exact) mass is 410 g/mol. The van der Waals surface area contributed by atoms with Crippen molar-refractivity contribution < 1.29 is 27.9 Å². The van der Waals surface area contributed by atoms with Crippen molar-refractivity contribution in [2.24, 2.45) is 5.92 Å². The molecule has 29 heavy (non-hydrogen) atoms. The van der Waals surface area contributed by atoms with Crippen LogP contribution in [0, 0.1) is 5.92 Å². The first-order chi connectivity index (χ1) is 13.6. The molecule has 0 aliphatic heterocycles. The number of hydrogen-bond donors (Lipinski definition) is 2. The van der Waals surface area contributed by atoms with E-state index in [1.54, 1.807) is 0 Å². The highest BCUT2D eigenvalue weighted by atomic mass is 19.4. The molecule has 154 valence electrons. The van der Waals surface area contributed by atoms with Crippen molar-refractivity contribution in [2.75, 3.05) is 5.32 Å². The molecule has 1 aliphatic rings. The molecule has 0 aromatic carbocycles. The van der Waals surface area contributed by atoms with Crippen LogP contribution in [-0.4, -0.2) is 31.5 Å². The van der Waals surface area contributed by atoms with Gasteiger partial charge in [0.1, 0.15) is 11.9 Å². The van der Waals surface area contributed by atoms with E-state index in [4.69, 9.17) is 5.11 Å². The second kappa shape index (κ2) is 8.02. The van der Waals surface area contributed by atoms with Gasteiger partial charge in [0.25, 0.3) is 5.56 Å². The molecule has 2 heterocycles. The minimum Gasteiger partial charge on any atom is -0.478 e. The molecule has 1 amide bonds. The Morgan fingerprint density at radius 3 is 2.48 bits per heavy atom. The molecule has 1 fully saturated rings. The van der Waals surface area contributed by atoms with E-state index in [0.29, 0.717) is 12.4 Å². The average Bonchev–Trinajstić information content (AvgIpc) is 2.61. The molecule has 1 saturated carbocycles. The summed E-state index contributed by atoms with van der Waals surface area (Å²) < 4.78 is 39.8. The normalized spacial score (nSPS) is 15.4. The van der Waals surface area contributed by atoms with Crippen LogP contribution in [0.4, 0.5) is 19.0 Å². The van der Waals surface area contributed by atoms with Crippen LogP contribution < -0.4 is 10.9 Å². The van der Waals surface area contributed by atoms with Crippen molar-refractivity contribution >= 4 is 17.7 Å². The zero-order chi connectivity index (χ0) is 21.2. The summed E-state index contributed by atoms with van der Waals surface area (Å²) in [5.74, 6) is -1.77. The Hall–Kier alpha value is -3.24. The molecular formula is C18H17F3N4O4. The molecule has 1 unspecified atom stereocenters. The molecule has 0 saturated heterocycles. The Morgan fingerprint density at radius 2 is 1.97 bits per heavy atom. The van der Waals surface area contributed by atoms with Gasteiger partial charge in [-0.2, -0.15) is 13.2 Å². The SMILES string of the molecule is O=C(O)c1ccc(NC(=O)C(CC2CCC2)n2cc(C(F)(F)F)ncc2=O)nc1. The van der Waals surface area contributed by atoms with Gasteiger partial charge in [0.05, 0.1) is 11.8 Å². The standard InChI is InChI=1S/C18H17F3N4O4/c19-18(20,21)13-9-25(15(26)8-22-13)12(6-10-2-1-3-10)16(27)24-14-5-4-11(7-23-14)17(28)29/h4-5,7-10,12H,1-3,6H2,(H,28,29)(H,23,24,27). The van der Waals surface area contributed by atoms with Crippen LogP contribution in [0.1, 0.15) is 47.8 Å². The molecule has 2 N–H and O–H groups in total. The van der Waals surface area contributed by atoms with E-state index in [1.807, 2.05) is 0 Å². The Bertz CT molecular complexity index is 968. The van der Waals surface area contributed by atoms with E-state index in [9.17, 15) is 27.6 Å². The number of carbonyl (C=O) groups excluding carboxylic acids is 1. The summed E-state index contributed by atoms with van der Waals surface area (Å²) >= 11 is 0. The molecule has 11 heteroatoms. The molecule has 0 radical (unpaired) electrons. The lowest BCUT2D eigenvalue weighted by atomic mass is 9.80. The first kappa shape index (κ1) is 20.5. The Morgan fingerprint density at radius 1 is 1.24 bits per heavy atom. The fourth-order valence-corrected chi connectivity index (χ4v) is 3.01. The fraction of sp³-hybridized carbons (Fsp3) is 0.389. The van der Waals surface area contributed by atoms with Gasteiger partial charge in [0, 0.05) is 12.4 Å². The maximum Gasteiger partial charge on any atom is 0.434 e. The third-order valence-corrected chi connectivity index (χ3v) is 4.80. The zero-order valence-electron chi connectivity index (χ0n) is 15.0. The average molecular weight is 410 g/mol. The minimum absolute atomic E-state index is 0.0248. The highest BCUT2D eigenvalue weighted by Crippen LogP contribution is 2.34. The number of pyridine rings is 1. The van der Waals surface area contributed by atoms with E-state index in [1.165, 1.54) is 12.1 Å². The summed E-state index contributed by atoms with van der Waals surface area (Å²) in [4.78, 5) is 42.8. The summed E-state index contributed by atoms with van der Waals surface area (Å²) in [5.41, 5.74) is -2.19. The molecule has 0 spiro atoms. The van der Waals surface area contributed by atoms with E-state index in [0.717, 1.165) is 30.0 Å². The highest BCUT2D eigenvalue weighted by Gasteiger charge is 2.35. The maximum absolute atomic E-state index is 13.0. The lowest BCUT2D eigenvalue weighted by Crippen LogP contribution is -2.36. The number of halogens is 3. The third-order valence-electron chi connectivity index (χ3n) is 4.80. The number of carboxylic acids is 1. The molecular weight excluding hydrogens is 393 g/mol. The summed E-state index contributed by atoms with van der Waals surface area (Å²) in [7, 11) is 0. The first-order valence-electron chi connectivity index (χ1n) is 8.80. The highest BCUT2D eigenvalue weighted by molar-refractivity contribution is 5.93. The van der Waals surface area contributed by atoms with Crippen LogP contribution >= 0.6 is 0 Å². The van der Waals surface area contributed by atoms with Crippen molar-refractivity contribution in [1.82, 2.24) is 14.5 Å². The van der Waals surface area contributed by atoms with E-state index < -0.39 is 35.3 Å². The van der Waals surface area contributed by atoms with Crippen molar-refractivity contribution in [1.29, 1.82) is 0 Å². The predicted molar refractivity (Wildman–Crippen MR) is 94.3 cm³/mol. The Balaban J connectivity index is 1.89. The lowest BCUT2D eigenvalue weighted by Gasteiger charge is -2.30. The van der Waals surface area contributed by atoms with Crippen molar-refractivity contribution in [3.63, 3.8) is 0 Å². The predicted octanol–water partition coefficient (Wildman–Crippen LogP) is 2.73. The lowest BCUT2D eigenvalue weighted by molar-refractivity contribution is -0.142. The number of carboxylic acid groups (broad SMARTS) is 1. The van der Waals surface area contributed by atoms with Gasteiger partial charge in [0.2, 0.25) is 5.91 Å². The number of rotatable bonds is 6. The number of alkyl halides is 3. The van der Waals surface area contributed by atoms with Gasteiger partial charge in [-0.1, -0.05) is 19.3 Å². The Labute approximate surface area is 162 Å². The Kier molecular flexibility index (Phi) is 5.66.